The second kappa shape index (κ2) is 11.3. The summed E-state index contributed by atoms with van der Waals surface area (Å²) in [6.45, 7) is 7.96. The summed E-state index contributed by atoms with van der Waals surface area (Å²) in [6.07, 6.45) is 1.02. The molecule has 7 nitrogen and oxygen atoms in total. The van der Waals surface area contributed by atoms with Gasteiger partial charge in [0.2, 0.25) is 0 Å². The van der Waals surface area contributed by atoms with Crippen molar-refractivity contribution in [2.45, 2.75) is 31.0 Å². The minimum atomic E-state index is -3.41. The van der Waals surface area contributed by atoms with Crippen LogP contribution in [0.15, 0.2) is 21.3 Å². The van der Waals surface area contributed by atoms with E-state index in [0.717, 1.165) is 30.3 Å². The number of thiophene rings is 1. The summed E-state index contributed by atoms with van der Waals surface area (Å²) in [5.74, 6) is 0.755. The number of aliphatic imine (C=N–C) groups is 1. The summed E-state index contributed by atoms with van der Waals surface area (Å²) in [6, 6.07) is 3.51. The van der Waals surface area contributed by atoms with E-state index in [1.54, 1.807) is 6.07 Å². The maximum atomic E-state index is 12.6. The molecule has 2 N–H and O–H groups in total. The molecule has 1 saturated heterocycles. The number of morpholine rings is 1. The molecule has 144 valence electrons. The van der Waals surface area contributed by atoms with Crippen molar-refractivity contribution < 1.29 is 13.2 Å². The lowest BCUT2D eigenvalue weighted by atomic mass is 10.4. The van der Waals surface area contributed by atoms with Gasteiger partial charge in [-0.15, -0.1) is 35.3 Å². The van der Waals surface area contributed by atoms with Gasteiger partial charge in [0.1, 0.15) is 4.21 Å². The van der Waals surface area contributed by atoms with Crippen molar-refractivity contribution in [1.82, 2.24) is 14.9 Å². The molecule has 2 heterocycles. The molecule has 0 aromatic carbocycles. The summed E-state index contributed by atoms with van der Waals surface area (Å²) in [5.41, 5.74) is 0. The van der Waals surface area contributed by atoms with Crippen LogP contribution in [-0.2, 0) is 21.3 Å². The van der Waals surface area contributed by atoms with Gasteiger partial charge in [0.25, 0.3) is 10.0 Å². The molecule has 25 heavy (non-hydrogen) atoms. The Hall–Kier alpha value is -0.430. The van der Waals surface area contributed by atoms with Crippen LogP contribution >= 0.6 is 35.3 Å². The van der Waals surface area contributed by atoms with Crippen molar-refractivity contribution in [2.75, 3.05) is 39.4 Å². The molecule has 0 atom stereocenters. The summed E-state index contributed by atoms with van der Waals surface area (Å²) in [5, 5.41) is 6.41. The van der Waals surface area contributed by atoms with E-state index >= 15 is 0 Å². The van der Waals surface area contributed by atoms with Crippen LogP contribution in [0.3, 0.4) is 0 Å². The number of hydrogen-bond acceptors (Lipinski definition) is 5. The third kappa shape index (κ3) is 6.66. The van der Waals surface area contributed by atoms with Gasteiger partial charge in [-0.05, 0) is 25.5 Å². The number of ether oxygens (including phenoxy) is 1. The largest absolute Gasteiger partial charge is 0.379 e. The van der Waals surface area contributed by atoms with Gasteiger partial charge in [0, 0.05) is 31.1 Å². The normalized spacial score (nSPS) is 16.3. The van der Waals surface area contributed by atoms with Gasteiger partial charge >= 0.3 is 0 Å². The first-order valence-electron chi connectivity index (χ1n) is 8.26. The number of hydrogen-bond donors (Lipinski definition) is 2. The van der Waals surface area contributed by atoms with Gasteiger partial charge in [-0.3, -0.25) is 0 Å². The minimum absolute atomic E-state index is 0. The van der Waals surface area contributed by atoms with E-state index < -0.39 is 10.0 Å². The summed E-state index contributed by atoms with van der Waals surface area (Å²) < 4.78 is 32.3. The Morgan fingerprint density at radius 3 is 2.64 bits per heavy atom. The van der Waals surface area contributed by atoms with Crippen LogP contribution in [0.4, 0.5) is 0 Å². The highest BCUT2D eigenvalue weighted by Gasteiger charge is 2.27. The molecule has 1 aliphatic rings. The van der Waals surface area contributed by atoms with E-state index in [0.29, 0.717) is 37.1 Å². The van der Waals surface area contributed by atoms with Crippen molar-refractivity contribution >= 4 is 51.3 Å². The summed E-state index contributed by atoms with van der Waals surface area (Å²) in [7, 11) is -3.41. The Kier molecular flexibility index (Phi) is 10.2. The van der Waals surface area contributed by atoms with Crippen LogP contribution < -0.4 is 10.6 Å². The van der Waals surface area contributed by atoms with Crippen molar-refractivity contribution in [3.63, 3.8) is 0 Å². The van der Waals surface area contributed by atoms with Crippen LogP contribution in [0.25, 0.3) is 0 Å². The third-order valence-electron chi connectivity index (χ3n) is 3.48. The molecule has 1 fully saturated rings. The zero-order valence-electron chi connectivity index (χ0n) is 14.7. The molecule has 0 saturated carbocycles. The zero-order valence-corrected chi connectivity index (χ0v) is 18.6. The van der Waals surface area contributed by atoms with E-state index in [1.807, 2.05) is 13.0 Å². The average Bonchev–Trinajstić information content (AvgIpc) is 3.08. The first-order valence-corrected chi connectivity index (χ1v) is 10.5. The fourth-order valence-corrected chi connectivity index (χ4v) is 5.08. The lowest BCUT2D eigenvalue weighted by Gasteiger charge is -2.25. The van der Waals surface area contributed by atoms with E-state index in [1.165, 1.54) is 15.6 Å². The highest BCUT2D eigenvalue weighted by Crippen LogP contribution is 2.26. The highest BCUT2D eigenvalue weighted by atomic mass is 127. The van der Waals surface area contributed by atoms with Gasteiger partial charge < -0.3 is 15.4 Å². The number of nitrogens with one attached hydrogen (secondary N) is 2. The standard InChI is InChI=1S/C15H26N4O3S2.HI/c1-3-7-17-15(16-4-2)18-12-13-5-6-14(23-13)24(20,21)19-8-10-22-11-9-19;/h5-6H,3-4,7-12H2,1-2H3,(H2,16,17,18);1H. The third-order valence-corrected chi connectivity index (χ3v) is 6.92. The minimum Gasteiger partial charge on any atom is -0.379 e. The predicted octanol–water partition coefficient (Wildman–Crippen LogP) is 1.85. The van der Waals surface area contributed by atoms with Crippen LogP contribution in [-0.4, -0.2) is 58.1 Å². The molecule has 1 aliphatic heterocycles. The van der Waals surface area contributed by atoms with E-state index in [4.69, 9.17) is 4.74 Å². The Morgan fingerprint density at radius 1 is 1.28 bits per heavy atom. The van der Waals surface area contributed by atoms with E-state index in [-0.39, 0.29) is 24.0 Å². The fourth-order valence-electron chi connectivity index (χ4n) is 2.24. The molecular weight excluding hydrogens is 475 g/mol. The van der Waals surface area contributed by atoms with Gasteiger partial charge in [0.15, 0.2) is 5.96 Å². The monoisotopic (exact) mass is 502 g/mol. The molecule has 0 spiro atoms. The number of rotatable bonds is 7. The maximum Gasteiger partial charge on any atom is 0.252 e. The van der Waals surface area contributed by atoms with Crippen molar-refractivity contribution in [1.29, 1.82) is 0 Å². The second-order valence-corrected chi connectivity index (χ2v) is 8.69. The molecular formula is C15H27IN4O3S2. The van der Waals surface area contributed by atoms with Crippen LogP contribution in [0.5, 0.6) is 0 Å². The predicted molar refractivity (Wildman–Crippen MR) is 112 cm³/mol. The smallest absolute Gasteiger partial charge is 0.252 e. The lowest BCUT2D eigenvalue weighted by molar-refractivity contribution is 0.0731. The molecule has 0 aliphatic carbocycles. The van der Waals surface area contributed by atoms with Gasteiger partial charge in [-0.2, -0.15) is 4.31 Å². The van der Waals surface area contributed by atoms with Crippen molar-refractivity contribution in [3.05, 3.63) is 17.0 Å². The Morgan fingerprint density at radius 2 is 2.00 bits per heavy atom. The Labute approximate surface area is 171 Å². The van der Waals surface area contributed by atoms with E-state index in [2.05, 4.69) is 22.5 Å². The molecule has 0 unspecified atom stereocenters. The highest BCUT2D eigenvalue weighted by molar-refractivity contribution is 14.0. The van der Waals surface area contributed by atoms with Crippen molar-refractivity contribution in [2.24, 2.45) is 4.99 Å². The summed E-state index contributed by atoms with van der Waals surface area (Å²) in [4.78, 5) is 5.43. The van der Waals surface area contributed by atoms with Crippen LogP contribution in [0.1, 0.15) is 25.1 Å². The molecule has 0 bridgehead atoms. The molecule has 1 aromatic heterocycles. The quantitative estimate of drug-likeness (QED) is 0.338. The summed E-state index contributed by atoms with van der Waals surface area (Å²) >= 11 is 1.28. The van der Waals surface area contributed by atoms with Crippen LogP contribution in [0, 0.1) is 0 Å². The molecule has 2 rings (SSSR count). The Bertz CT molecular complexity index is 643. The van der Waals surface area contributed by atoms with Gasteiger partial charge in [0.05, 0.1) is 19.8 Å². The zero-order chi connectivity index (χ0) is 17.4. The topological polar surface area (TPSA) is 83.0 Å². The Balaban J connectivity index is 0.00000312. The molecule has 0 amide bonds. The SMILES string of the molecule is CCCNC(=NCc1ccc(S(=O)(=O)N2CCOCC2)s1)NCC.I. The maximum absolute atomic E-state index is 12.6. The lowest BCUT2D eigenvalue weighted by Crippen LogP contribution is -2.40. The van der Waals surface area contributed by atoms with Crippen LogP contribution in [0.2, 0.25) is 0 Å². The molecule has 0 radical (unpaired) electrons. The number of halogens is 1. The molecule has 10 heteroatoms. The first kappa shape index (κ1) is 22.6. The van der Waals surface area contributed by atoms with Gasteiger partial charge in [-0.25, -0.2) is 13.4 Å². The van der Waals surface area contributed by atoms with Crippen molar-refractivity contribution in [3.8, 4) is 0 Å². The fraction of sp³-hybridized carbons (Fsp3) is 0.667. The second-order valence-electron chi connectivity index (χ2n) is 5.36. The van der Waals surface area contributed by atoms with E-state index in [9.17, 15) is 8.42 Å². The first-order chi connectivity index (χ1) is 11.6. The number of guanidine groups is 1. The average molecular weight is 502 g/mol. The number of sulfonamides is 1. The molecule has 1 aromatic rings. The number of nitrogens with zero attached hydrogens (tertiary/aromatic N) is 2. The van der Waals surface area contributed by atoms with Gasteiger partial charge in [-0.1, -0.05) is 6.92 Å².